The first-order chi connectivity index (χ1) is 23.3. The number of piperidine rings is 1. The Morgan fingerprint density at radius 1 is 1.00 bits per heavy atom. The lowest BCUT2D eigenvalue weighted by Gasteiger charge is -2.39. The van der Waals surface area contributed by atoms with Crippen LogP contribution in [0.3, 0.4) is 0 Å². The lowest BCUT2D eigenvalue weighted by molar-refractivity contribution is 0.171. The smallest absolute Gasteiger partial charge is 0.320 e. The van der Waals surface area contributed by atoms with Gasteiger partial charge in [0.25, 0.3) is 0 Å². The summed E-state index contributed by atoms with van der Waals surface area (Å²) in [5.41, 5.74) is 3.71. The van der Waals surface area contributed by atoms with Crippen molar-refractivity contribution in [2.24, 2.45) is 0 Å². The van der Waals surface area contributed by atoms with Gasteiger partial charge < -0.3 is 20.1 Å². The third kappa shape index (κ3) is 6.21. The summed E-state index contributed by atoms with van der Waals surface area (Å²) >= 11 is 0. The van der Waals surface area contributed by atoms with E-state index in [1.807, 2.05) is 47.0 Å². The summed E-state index contributed by atoms with van der Waals surface area (Å²) in [7, 11) is 0. The normalized spacial score (nSPS) is 21.0. The highest BCUT2D eigenvalue weighted by Gasteiger charge is 2.31. The van der Waals surface area contributed by atoms with Crippen molar-refractivity contribution in [3.05, 3.63) is 77.7 Å². The number of nitrogens with one attached hydrogen (secondary N) is 2. The van der Waals surface area contributed by atoms with Crippen molar-refractivity contribution >= 4 is 23.4 Å². The number of urea groups is 1. The monoisotopic (exact) mass is 652 g/mol. The Kier molecular flexibility index (Phi) is 8.78. The van der Waals surface area contributed by atoms with E-state index < -0.39 is 0 Å². The van der Waals surface area contributed by atoms with Crippen molar-refractivity contribution < 1.29 is 14.6 Å². The maximum Gasteiger partial charge on any atom is 0.320 e. The zero-order valence-corrected chi connectivity index (χ0v) is 28.0. The van der Waals surface area contributed by atoms with Gasteiger partial charge in [-0.05, 0) is 75.1 Å². The Morgan fingerprint density at radius 3 is 2.56 bits per heavy atom. The van der Waals surface area contributed by atoms with Crippen LogP contribution in [0.4, 0.5) is 16.6 Å². The standard InChI is InChI=1S/C35H44N10O3/c1-22(2)29-20-33(45(40-29)32-16-17-42(41-32)18-19-46)37-34(47)36-28-13-14-30(27-11-6-5-10-26(27)28)48-25-12-15-31-38-39-35(43(31)21-25)44-23(3)8-7-9-24(44)4/h5-6,10-12,15-17,20-24,28,30,46H,7-9,13-14,18-19H2,1-4H3,(H2,36,37,47)/t23-,24+,28?,30?. The summed E-state index contributed by atoms with van der Waals surface area (Å²) in [4.78, 5) is 15.8. The average molecular weight is 653 g/mol. The van der Waals surface area contributed by atoms with Gasteiger partial charge in [-0.2, -0.15) is 14.9 Å². The zero-order valence-electron chi connectivity index (χ0n) is 28.0. The van der Waals surface area contributed by atoms with Gasteiger partial charge in [-0.3, -0.25) is 14.4 Å². The molecule has 0 radical (unpaired) electrons. The van der Waals surface area contributed by atoms with E-state index in [0.29, 0.717) is 36.7 Å². The minimum absolute atomic E-state index is 0.0184. The summed E-state index contributed by atoms with van der Waals surface area (Å²) < 4.78 is 12.0. The maximum absolute atomic E-state index is 13.5. The molecule has 252 valence electrons. The quantitative estimate of drug-likeness (QED) is 0.182. The van der Waals surface area contributed by atoms with Crippen LogP contribution >= 0.6 is 0 Å². The highest BCUT2D eigenvalue weighted by atomic mass is 16.5. The van der Waals surface area contributed by atoms with Crippen molar-refractivity contribution in [3.63, 3.8) is 0 Å². The number of hydrogen-bond donors (Lipinski definition) is 3. The molecule has 2 amide bonds. The van der Waals surface area contributed by atoms with Gasteiger partial charge in [0.2, 0.25) is 5.95 Å². The number of pyridine rings is 1. The summed E-state index contributed by atoms with van der Waals surface area (Å²) in [6.45, 7) is 8.98. The van der Waals surface area contributed by atoms with Crippen LogP contribution in [-0.2, 0) is 6.54 Å². The Labute approximate surface area is 279 Å². The van der Waals surface area contributed by atoms with Crippen molar-refractivity contribution in [1.29, 1.82) is 0 Å². The number of ether oxygens (including phenoxy) is 1. The van der Waals surface area contributed by atoms with Crippen molar-refractivity contribution in [1.82, 2.24) is 39.5 Å². The summed E-state index contributed by atoms with van der Waals surface area (Å²) in [5.74, 6) is 2.85. The molecular formula is C35H44N10O3. The van der Waals surface area contributed by atoms with E-state index >= 15 is 0 Å². The van der Waals surface area contributed by atoms with Crippen molar-refractivity contribution in [3.8, 4) is 11.6 Å². The van der Waals surface area contributed by atoms with Gasteiger partial charge in [-0.25, -0.2) is 4.79 Å². The molecule has 0 spiro atoms. The first-order valence-electron chi connectivity index (χ1n) is 17.0. The van der Waals surface area contributed by atoms with Crippen LogP contribution in [0.25, 0.3) is 11.5 Å². The van der Waals surface area contributed by atoms with Crippen LogP contribution in [0.1, 0.15) is 94.7 Å². The number of aliphatic hydroxyl groups excluding tert-OH is 1. The molecule has 5 aromatic rings. The second kappa shape index (κ2) is 13.3. The molecule has 2 unspecified atom stereocenters. The van der Waals surface area contributed by atoms with E-state index in [-0.39, 0.29) is 30.7 Å². The maximum atomic E-state index is 13.5. The molecule has 1 aromatic carbocycles. The molecule has 4 atom stereocenters. The number of aliphatic hydroxyl groups is 1. The van der Waals surface area contributed by atoms with E-state index in [9.17, 15) is 9.90 Å². The minimum Gasteiger partial charge on any atom is -0.484 e. The number of carbonyl (C=O) groups excluding carboxylic acids is 1. The number of fused-ring (bicyclic) bond motifs is 2. The van der Waals surface area contributed by atoms with Gasteiger partial charge in [0, 0.05) is 30.4 Å². The van der Waals surface area contributed by atoms with E-state index in [1.54, 1.807) is 15.6 Å². The Bertz CT molecular complexity index is 1880. The fraction of sp³-hybridized carbons (Fsp3) is 0.457. The zero-order chi connectivity index (χ0) is 33.4. The molecule has 13 nitrogen and oxygen atoms in total. The first-order valence-corrected chi connectivity index (χ1v) is 17.0. The van der Waals surface area contributed by atoms with Gasteiger partial charge >= 0.3 is 6.03 Å². The van der Waals surface area contributed by atoms with E-state index in [4.69, 9.17) is 9.84 Å². The lowest BCUT2D eigenvalue weighted by atomic mass is 9.85. The van der Waals surface area contributed by atoms with Crippen LogP contribution in [0.15, 0.2) is 60.9 Å². The predicted octanol–water partition coefficient (Wildman–Crippen LogP) is 5.77. The van der Waals surface area contributed by atoms with Crippen LogP contribution in [0.2, 0.25) is 0 Å². The number of anilines is 2. The van der Waals surface area contributed by atoms with Crippen LogP contribution in [0.5, 0.6) is 5.75 Å². The second-order valence-corrected chi connectivity index (χ2v) is 13.3. The number of hydrogen-bond acceptors (Lipinski definition) is 8. The molecule has 1 aliphatic heterocycles. The number of benzene rings is 1. The summed E-state index contributed by atoms with van der Waals surface area (Å²) in [6.07, 6.45) is 8.56. The number of nitrogens with zero attached hydrogens (tertiary/aromatic N) is 8. The van der Waals surface area contributed by atoms with Gasteiger partial charge in [0.05, 0.1) is 31.1 Å². The molecule has 3 N–H and O–H groups in total. The Hall–Kier alpha value is -4.91. The Balaban J connectivity index is 1.08. The molecule has 5 heterocycles. The van der Waals surface area contributed by atoms with Crippen LogP contribution < -0.4 is 20.3 Å². The SMILES string of the molecule is CC(C)c1cc(NC(=O)NC2CCC(Oc3ccc4nnc(N5[C@H](C)CCC[C@@H]5C)n4c3)c3ccccc32)n(-c2ccn(CCO)n2)n1. The van der Waals surface area contributed by atoms with Crippen LogP contribution in [-0.4, -0.2) is 64.0 Å². The second-order valence-electron chi connectivity index (χ2n) is 13.3. The molecule has 4 aromatic heterocycles. The number of amides is 2. The highest BCUT2D eigenvalue weighted by Crippen LogP contribution is 2.39. The van der Waals surface area contributed by atoms with E-state index in [0.717, 1.165) is 53.4 Å². The molecular weight excluding hydrogens is 608 g/mol. The van der Waals surface area contributed by atoms with E-state index in [1.165, 1.54) is 6.42 Å². The highest BCUT2D eigenvalue weighted by molar-refractivity contribution is 5.89. The molecule has 0 bridgehead atoms. The summed E-state index contributed by atoms with van der Waals surface area (Å²) in [6, 6.07) is 16.0. The molecule has 48 heavy (non-hydrogen) atoms. The number of aromatic nitrogens is 7. The number of carbonyl (C=O) groups is 1. The first kappa shape index (κ1) is 31.7. The van der Waals surface area contributed by atoms with Gasteiger partial charge in [0.15, 0.2) is 11.5 Å². The molecule has 2 aliphatic rings. The van der Waals surface area contributed by atoms with E-state index in [2.05, 4.69) is 70.7 Å². The fourth-order valence-corrected chi connectivity index (χ4v) is 7.05. The number of rotatable bonds is 9. The van der Waals surface area contributed by atoms with Crippen molar-refractivity contribution in [2.45, 2.75) is 96.5 Å². The minimum atomic E-state index is -0.327. The Morgan fingerprint density at radius 2 is 1.79 bits per heavy atom. The van der Waals surface area contributed by atoms with Crippen LogP contribution in [0, 0.1) is 0 Å². The van der Waals surface area contributed by atoms with Gasteiger partial charge in [-0.15, -0.1) is 10.2 Å². The average Bonchev–Trinajstić information content (AvgIpc) is 3.81. The molecule has 7 rings (SSSR count). The third-order valence-corrected chi connectivity index (χ3v) is 9.54. The molecule has 1 aliphatic carbocycles. The molecule has 13 heteroatoms. The largest absolute Gasteiger partial charge is 0.484 e. The van der Waals surface area contributed by atoms with Gasteiger partial charge in [0.1, 0.15) is 17.7 Å². The topological polar surface area (TPSA) is 140 Å². The molecule has 0 saturated carbocycles. The summed E-state index contributed by atoms with van der Waals surface area (Å²) in [5, 5.41) is 33.7. The van der Waals surface area contributed by atoms with Crippen molar-refractivity contribution in [2.75, 3.05) is 16.8 Å². The molecule has 1 fully saturated rings. The van der Waals surface area contributed by atoms with Gasteiger partial charge in [-0.1, -0.05) is 38.1 Å². The molecule has 1 saturated heterocycles. The lowest BCUT2D eigenvalue weighted by Crippen LogP contribution is -2.44. The third-order valence-electron chi connectivity index (χ3n) is 9.54. The predicted molar refractivity (Wildman–Crippen MR) is 183 cm³/mol. The fourth-order valence-electron chi connectivity index (χ4n) is 7.05.